The van der Waals surface area contributed by atoms with Gasteiger partial charge in [-0.25, -0.2) is 4.79 Å². The summed E-state index contributed by atoms with van der Waals surface area (Å²) in [6.07, 6.45) is 1.04. The van der Waals surface area contributed by atoms with Crippen LogP contribution in [0.1, 0.15) is 40.5 Å². The predicted molar refractivity (Wildman–Crippen MR) is 60.2 cm³/mol. The maximum Gasteiger partial charge on any atom is 0.329 e. The first-order chi connectivity index (χ1) is 7.31. The van der Waals surface area contributed by atoms with E-state index >= 15 is 0 Å². The van der Waals surface area contributed by atoms with E-state index in [2.05, 4.69) is 5.32 Å². The minimum atomic E-state index is -1.20. The Hall–Kier alpha value is -1.10. The number of carboxylic acids is 1. The summed E-state index contributed by atoms with van der Waals surface area (Å²) in [5, 5.41) is 11.5. The Bertz CT molecular complexity index is 252. The number of hydrogen-bond acceptors (Lipinski definition) is 3. The predicted octanol–water partition coefficient (Wildman–Crippen LogP) is 1.17. The van der Waals surface area contributed by atoms with E-state index < -0.39 is 17.4 Å². The van der Waals surface area contributed by atoms with Gasteiger partial charge in [-0.15, -0.1) is 0 Å². The zero-order valence-corrected chi connectivity index (χ0v) is 10.4. The van der Waals surface area contributed by atoms with Crippen molar-refractivity contribution in [3.8, 4) is 0 Å². The molecular weight excluding hydrogens is 210 g/mol. The fraction of sp³-hybridized carbons (Fsp3) is 0.818. The molecule has 2 N–H and O–H groups in total. The van der Waals surface area contributed by atoms with Gasteiger partial charge < -0.3 is 15.2 Å². The van der Waals surface area contributed by atoms with Crippen molar-refractivity contribution in [1.82, 2.24) is 5.32 Å². The zero-order valence-electron chi connectivity index (χ0n) is 10.4. The quantitative estimate of drug-likeness (QED) is 0.689. The van der Waals surface area contributed by atoms with E-state index in [0.29, 0.717) is 12.8 Å². The highest BCUT2D eigenvalue weighted by Crippen LogP contribution is 2.12. The molecule has 0 aliphatic carbocycles. The largest absolute Gasteiger partial charge is 0.480 e. The first kappa shape index (κ1) is 14.9. The van der Waals surface area contributed by atoms with E-state index in [-0.39, 0.29) is 12.7 Å². The van der Waals surface area contributed by atoms with Crippen molar-refractivity contribution in [3.05, 3.63) is 0 Å². The summed E-state index contributed by atoms with van der Waals surface area (Å²) < 4.78 is 5.10. The van der Waals surface area contributed by atoms with Gasteiger partial charge in [0, 0.05) is 0 Å². The highest BCUT2D eigenvalue weighted by molar-refractivity contribution is 5.87. The summed E-state index contributed by atoms with van der Waals surface area (Å²) in [5.41, 5.74) is -1.20. The molecule has 16 heavy (non-hydrogen) atoms. The summed E-state index contributed by atoms with van der Waals surface area (Å²) in [6, 6.07) is 0. The first-order valence-corrected chi connectivity index (χ1v) is 5.48. The van der Waals surface area contributed by atoms with Crippen molar-refractivity contribution in [1.29, 1.82) is 0 Å². The Kier molecular flexibility index (Phi) is 6.03. The molecule has 0 aromatic rings. The lowest BCUT2D eigenvalue weighted by atomic mass is 9.96. The van der Waals surface area contributed by atoms with Crippen LogP contribution in [0.15, 0.2) is 0 Å². The molecule has 0 aliphatic rings. The smallest absolute Gasteiger partial charge is 0.329 e. The van der Waals surface area contributed by atoms with Gasteiger partial charge in [0.05, 0.1) is 6.10 Å². The first-order valence-electron chi connectivity index (χ1n) is 5.48. The number of hydrogen-bond donors (Lipinski definition) is 2. The van der Waals surface area contributed by atoms with Gasteiger partial charge in [0.25, 0.3) is 0 Å². The Morgan fingerprint density at radius 2 is 2.00 bits per heavy atom. The van der Waals surface area contributed by atoms with Crippen molar-refractivity contribution in [2.45, 2.75) is 52.2 Å². The molecule has 0 rings (SSSR count). The van der Waals surface area contributed by atoms with Gasteiger partial charge in [0.2, 0.25) is 5.91 Å². The summed E-state index contributed by atoms with van der Waals surface area (Å²) in [7, 11) is 0. The normalized spacial score (nSPS) is 14.6. The third-order valence-electron chi connectivity index (χ3n) is 2.19. The van der Waals surface area contributed by atoms with Crippen LogP contribution in [0.25, 0.3) is 0 Å². The monoisotopic (exact) mass is 231 g/mol. The van der Waals surface area contributed by atoms with Crippen molar-refractivity contribution in [3.63, 3.8) is 0 Å². The second-order valence-corrected chi connectivity index (χ2v) is 4.30. The Balaban J connectivity index is 4.30. The number of carbonyl (C=O) groups is 2. The van der Waals surface area contributed by atoms with E-state index in [1.165, 1.54) is 6.92 Å². The lowest BCUT2D eigenvalue weighted by Gasteiger charge is -2.25. The number of rotatable bonds is 7. The summed E-state index contributed by atoms with van der Waals surface area (Å²) >= 11 is 0. The van der Waals surface area contributed by atoms with Gasteiger partial charge in [-0.3, -0.25) is 4.79 Å². The van der Waals surface area contributed by atoms with E-state index in [1.54, 1.807) is 0 Å². The summed E-state index contributed by atoms with van der Waals surface area (Å²) in [4.78, 5) is 22.5. The minimum Gasteiger partial charge on any atom is -0.480 e. The molecule has 0 bridgehead atoms. The van der Waals surface area contributed by atoms with Gasteiger partial charge in [-0.05, 0) is 27.2 Å². The third-order valence-corrected chi connectivity index (χ3v) is 2.19. The average molecular weight is 231 g/mol. The van der Waals surface area contributed by atoms with E-state index in [9.17, 15) is 9.59 Å². The van der Waals surface area contributed by atoms with Crippen LogP contribution in [0, 0.1) is 0 Å². The number of amides is 1. The Morgan fingerprint density at radius 1 is 1.44 bits per heavy atom. The molecule has 0 saturated carbocycles. The zero-order chi connectivity index (χ0) is 12.8. The summed E-state index contributed by atoms with van der Waals surface area (Å²) in [5.74, 6) is -1.42. The highest BCUT2D eigenvalue weighted by Gasteiger charge is 2.33. The van der Waals surface area contributed by atoms with Crippen molar-refractivity contribution in [2.75, 3.05) is 6.61 Å². The van der Waals surface area contributed by atoms with Gasteiger partial charge in [0.15, 0.2) is 0 Å². The van der Waals surface area contributed by atoms with Gasteiger partial charge in [-0.1, -0.05) is 13.3 Å². The summed E-state index contributed by atoms with van der Waals surface area (Å²) in [6.45, 7) is 6.90. The number of carboxylic acid groups (broad SMARTS) is 1. The van der Waals surface area contributed by atoms with Crippen LogP contribution >= 0.6 is 0 Å². The molecule has 5 heteroatoms. The van der Waals surface area contributed by atoms with Crippen molar-refractivity contribution < 1.29 is 19.4 Å². The second kappa shape index (κ2) is 6.48. The van der Waals surface area contributed by atoms with Crippen LogP contribution in [0.5, 0.6) is 0 Å². The van der Waals surface area contributed by atoms with Crippen LogP contribution in [0.3, 0.4) is 0 Å². The third kappa shape index (κ3) is 5.11. The van der Waals surface area contributed by atoms with Gasteiger partial charge >= 0.3 is 5.97 Å². The molecule has 0 saturated heterocycles. The van der Waals surface area contributed by atoms with Gasteiger partial charge in [0.1, 0.15) is 12.1 Å². The van der Waals surface area contributed by atoms with Gasteiger partial charge in [-0.2, -0.15) is 0 Å². The van der Waals surface area contributed by atoms with Crippen molar-refractivity contribution in [2.24, 2.45) is 0 Å². The standard InChI is InChI=1S/C11H21NO4/c1-5-6-11(4,10(14)15)12-9(13)7-16-8(2)3/h8H,5-7H2,1-4H3,(H,12,13)(H,14,15). The van der Waals surface area contributed by atoms with Crippen LogP contribution in [0.4, 0.5) is 0 Å². The maximum atomic E-state index is 11.4. The molecule has 1 amide bonds. The molecule has 1 unspecified atom stereocenters. The van der Waals surface area contributed by atoms with Crippen LogP contribution in [0.2, 0.25) is 0 Å². The average Bonchev–Trinajstić information content (AvgIpc) is 2.14. The number of aliphatic carboxylic acids is 1. The molecule has 0 heterocycles. The van der Waals surface area contributed by atoms with Crippen LogP contribution in [-0.2, 0) is 14.3 Å². The molecule has 0 spiro atoms. The van der Waals surface area contributed by atoms with E-state index in [4.69, 9.17) is 9.84 Å². The van der Waals surface area contributed by atoms with E-state index in [1.807, 2.05) is 20.8 Å². The Labute approximate surface area is 96.2 Å². The lowest BCUT2D eigenvalue weighted by Crippen LogP contribution is -2.53. The molecular formula is C11H21NO4. The van der Waals surface area contributed by atoms with Crippen LogP contribution in [-0.4, -0.2) is 35.2 Å². The molecule has 0 radical (unpaired) electrons. The Morgan fingerprint density at radius 3 is 2.38 bits per heavy atom. The SMILES string of the molecule is CCCC(C)(NC(=O)COC(C)C)C(=O)O. The fourth-order valence-corrected chi connectivity index (χ4v) is 1.31. The molecule has 0 aromatic heterocycles. The molecule has 5 nitrogen and oxygen atoms in total. The molecule has 0 fully saturated rings. The maximum absolute atomic E-state index is 11.4. The number of carbonyl (C=O) groups excluding carboxylic acids is 1. The topological polar surface area (TPSA) is 75.6 Å². The van der Waals surface area contributed by atoms with E-state index in [0.717, 1.165) is 0 Å². The van der Waals surface area contributed by atoms with Crippen LogP contribution < -0.4 is 5.32 Å². The highest BCUT2D eigenvalue weighted by atomic mass is 16.5. The van der Waals surface area contributed by atoms with Crippen molar-refractivity contribution >= 4 is 11.9 Å². The fourth-order valence-electron chi connectivity index (χ4n) is 1.31. The minimum absolute atomic E-state index is 0.0481. The number of nitrogens with one attached hydrogen (secondary N) is 1. The molecule has 0 aromatic carbocycles. The molecule has 0 aliphatic heterocycles. The number of ether oxygens (including phenoxy) is 1. The molecule has 94 valence electrons. The molecule has 1 atom stereocenters. The lowest BCUT2D eigenvalue weighted by molar-refractivity contribution is -0.148. The second-order valence-electron chi connectivity index (χ2n) is 4.30.